The van der Waals surface area contributed by atoms with Crippen LogP contribution in [0, 0.1) is 0 Å². The Labute approximate surface area is 120 Å². The SMILES string of the molecule is COCCCN1C[NH+](Cc2ccccc2)CNC1=S. The van der Waals surface area contributed by atoms with E-state index in [0.29, 0.717) is 0 Å². The second kappa shape index (κ2) is 7.43. The van der Waals surface area contributed by atoms with Crippen molar-refractivity contribution in [3.63, 3.8) is 0 Å². The summed E-state index contributed by atoms with van der Waals surface area (Å²) in [6.45, 7) is 4.63. The highest BCUT2D eigenvalue weighted by atomic mass is 32.1. The summed E-state index contributed by atoms with van der Waals surface area (Å²) in [6, 6.07) is 10.6. The molecule has 2 rings (SSSR count). The molecule has 1 saturated heterocycles. The van der Waals surface area contributed by atoms with Crippen LogP contribution in [0.25, 0.3) is 0 Å². The second-order valence-corrected chi connectivity index (χ2v) is 5.23. The zero-order valence-electron chi connectivity index (χ0n) is 11.4. The molecule has 1 aromatic carbocycles. The van der Waals surface area contributed by atoms with Crippen LogP contribution in [0.15, 0.2) is 30.3 Å². The van der Waals surface area contributed by atoms with Gasteiger partial charge in [-0.1, -0.05) is 30.3 Å². The summed E-state index contributed by atoms with van der Waals surface area (Å²) >= 11 is 5.35. The smallest absolute Gasteiger partial charge is 0.177 e. The van der Waals surface area contributed by atoms with Gasteiger partial charge in [-0.05, 0) is 18.6 Å². The molecule has 104 valence electrons. The maximum Gasteiger partial charge on any atom is 0.177 e. The average molecular weight is 280 g/mol. The normalized spacial score (nSPS) is 19.3. The Bertz CT molecular complexity index is 399. The molecular formula is C14H22N3OS+. The first kappa shape index (κ1) is 14.2. The standard InChI is InChI=1S/C14H21N3OS/c1-18-9-5-8-17-12-16(11-15-14(17)19)10-13-6-3-2-4-7-13/h2-4,6-7H,5,8-12H2,1H3,(H,15,19)/p+1. The third kappa shape index (κ3) is 4.45. The van der Waals surface area contributed by atoms with Crippen molar-refractivity contribution in [3.05, 3.63) is 35.9 Å². The van der Waals surface area contributed by atoms with Crippen molar-refractivity contribution < 1.29 is 9.64 Å². The minimum Gasteiger partial charge on any atom is -0.385 e. The lowest BCUT2D eigenvalue weighted by Gasteiger charge is -2.35. The molecule has 0 spiro atoms. The van der Waals surface area contributed by atoms with Crippen molar-refractivity contribution in [2.24, 2.45) is 0 Å². The molecule has 0 aliphatic carbocycles. The number of nitrogens with zero attached hydrogens (tertiary/aromatic N) is 1. The summed E-state index contributed by atoms with van der Waals surface area (Å²) in [5.74, 6) is 0. The van der Waals surface area contributed by atoms with Crippen LogP contribution in [-0.2, 0) is 11.3 Å². The Morgan fingerprint density at radius 1 is 1.37 bits per heavy atom. The Morgan fingerprint density at radius 2 is 2.16 bits per heavy atom. The van der Waals surface area contributed by atoms with Gasteiger partial charge in [0.25, 0.3) is 0 Å². The third-order valence-electron chi connectivity index (χ3n) is 3.26. The highest BCUT2D eigenvalue weighted by Gasteiger charge is 2.22. The molecule has 19 heavy (non-hydrogen) atoms. The topological polar surface area (TPSA) is 28.9 Å². The van der Waals surface area contributed by atoms with E-state index in [2.05, 4.69) is 40.5 Å². The summed E-state index contributed by atoms with van der Waals surface area (Å²) in [7, 11) is 1.74. The van der Waals surface area contributed by atoms with Gasteiger partial charge >= 0.3 is 0 Å². The number of hydrogen-bond acceptors (Lipinski definition) is 2. The van der Waals surface area contributed by atoms with Crippen molar-refractivity contribution in [1.29, 1.82) is 0 Å². The molecule has 1 fully saturated rings. The van der Waals surface area contributed by atoms with E-state index in [-0.39, 0.29) is 0 Å². The van der Waals surface area contributed by atoms with E-state index in [0.717, 1.165) is 44.6 Å². The zero-order chi connectivity index (χ0) is 13.5. The number of quaternary nitrogens is 1. The summed E-state index contributed by atoms with van der Waals surface area (Å²) in [5, 5.41) is 4.18. The fourth-order valence-corrected chi connectivity index (χ4v) is 2.52. The number of benzene rings is 1. The van der Waals surface area contributed by atoms with Gasteiger partial charge in [-0.25, -0.2) is 0 Å². The van der Waals surface area contributed by atoms with E-state index in [1.54, 1.807) is 7.11 Å². The fraction of sp³-hybridized carbons (Fsp3) is 0.500. The van der Waals surface area contributed by atoms with Crippen LogP contribution in [0.1, 0.15) is 12.0 Å². The maximum atomic E-state index is 5.35. The van der Waals surface area contributed by atoms with Gasteiger partial charge in [-0.15, -0.1) is 0 Å². The summed E-state index contributed by atoms with van der Waals surface area (Å²) < 4.78 is 5.09. The van der Waals surface area contributed by atoms with Crippen molar-refractivity contribution in [2.75, 3.05) is 33.6 Å². The molecule has 0 saturated carbocycles. The van der Waals surface area contributed by atoms with Gasteiger partial charge in [0.15, 0.2) is 18.4 Å². The van der Waals surface area contributed by atoms with Crippen LogP contribution in [-0.4, -0.2) is 43.6 Å². The van der Waals surface area contributed by atoms with Gasteiger partial charge in [-0.2, -0.15) is 0 Å². The molecule has 1 heterocycles. The van der Waals surface area contributed by atoms with Crippen LogP contribution < -0.4 is 10.2 Å². The van der Waals surface area contributed by atoms with Crippen LogP contribution in [0.2, 0.25) is 0 Å². The Balaban J connectivity index is 1.84. The van der Waals surface area contributed by atoms with Gasteiger partial charge in [-0.3, -0.25) is 4.90 Å². The molecule has 1 atom stereocenters. The second-order valence-electron chi connectivity index (χ2n) is 4.84. The Kier molecular flexibility index (Phi) is 5.57. The molecule has 1 unspecified atom stereocenters. The van der Waals surface area contributed by atoms with E-state index in [1.165, 1.54) is 10.5 Å². The first-order valence-corrected chi connectivity index (χ1v) is 7.09. The fourth-order valence-electron chi connectivity index (χ4n) is 2.29. The van der Waals surface area contributed by atoms with E-state index < -0.39 is 0 Å². The molecule has 0 bridgehead atoms. The van der Waals surface area contributed by atoms with Gasteiger partial charge in [0, 0.05) is 25.8 Å². The van der Waals surface area contributed by atoms with Gasteiger partial charge in [0.05, 0.1) is 0 Å². The van der Waals surface area contributed by atoms with E-state index >= 15 is 0 Å². The van der Waals surface area contributed by atoms with Crippen LogP contribution in [0.5, 0.6) is 0 Å². The van der Waals surface area contributed by atoms with Gasteiger partial charge in [0.2, 0.25) is 0 Å². The Morgan fingerprint density at radius 3 is 2.89 bits per heavy atom. The molecule has 1 aliphatic heterocycles. The number of hydrogen-bond donors (Lipinski definition) is 2. The summed E-state index contributed by atoms with van der Waals surface area (Å²) in [6.07, 6.45) is 1.01. The van der Waals surface area contributed by atoms with Crippen molar-refractivity contribution >= 4 is 17.3 Å². The van der Waals surface area contributed by atoms with E-state index in [4.69, 9.17) is 17.0 Å². The lowest BCUT2D eigenvalue weighted by molar-refractivity contribution is -0.927. The number of rotatable bonds is 6. The number of nitrogens with one attached hydrogen (secondary N) is 2. The van der Waals surface area contributed by atoms with Crippen molar-refractivity contribution in [1.82, 2.24) is 10.2 Å². The van der Waals surface area contributed by atoms with Crippen LogP contribution in [0.4, 0.5) is 0 Å². The maximum absolute atomic E-state index is 5.35. The minimum absolute atomic E-state index is 0.785. The summed E-state index contributed by atoms with van der Waals surface area (Å²) in [5.41, 5.74) is 1.36. The molecule has 1 aromatic rings. The molecular weight excluding hydrogens is 258 g/mol. The van der Waals surface area contributed by atoms with Crippen LogP contribution in [0.3, 0.4) is 0 Å². The van der Waals surface area contributed by atoms with Crippen LogP contribution >= 0.6 is 12.2 Å². The lowest BCUT2D eigenvalue weighted by atomic mass is 10.2. The highest BCUT2D eigenvalue weighted by molar-refractivity contribution is 7.80. The first-order valence-electron chi connectivity index (χ1n) is 6.69. The quantitative estimate of drug-likeness (QED) is 0.576. The molecule has 1 aliphatic rings. The van der Waals surface area contributed by atoms with Gasteiger partial charge in [0.1, 0.15) is 6.54 Å². The zero-order valence-corrected chi connectivity index (χ0v) is 12.2. The van der Waals surface area contributed by atoms with Crippen molar-refractivity contribution in [3.8, 4) is 0 Å². The summed E-state index contributed by atoms with van der Waals surface area (Å²) in [4.78, 5) is 3.72. The average Bonchev–Trinajstić information content (AvgIpc) is 2.44. The molecule has 0 radical (unpaired) electrons. The third-order valence-corrected chi connectivity index (χ3v) is 3.67. The first-order chi connectivity index (χ1) is 9.29. The monoisotopic (exact) mass is 280 g/mol. The Hall–Kier alpha value is -1.17. The minimum atomic E-state index is 0.785. The highest BCUT2D eigenvalue weighted by Crippen LogP contribution is 1.97. The van der Waals surface area contributed by atoms with E-state index in [1.807, 2.05) is 0 Å². The number of ether oxygens (including phenoxy) is 1. The predicted octanol–water partition coefficient (Wildman–Crippen LogP) is 0.213. The molecule has 4 nitrogen and oxygen atoms in total. The largest absolute Gasteiger partial charge is 0.385 e. The molecule has 0 amide bonds. The molecule has 0 aromatic heterocycles. The number of thiocarbonyl (C=S) groups is 1. The van der Waals surface area contributed by atoms with Crippen molar-refractivity contribution in [2.45, 2.75) is 13.0 Å². The van der Waals surface area contributed by atoms with Gasteiger partial charge < -0.3 is 15.0 Å². The molecule has 5 heteroatoms. The molecule has 2 N–H and O–H groups in total. The lowest BCUT2D eigenvalue weighted by Crippen LogP contribution is -3.16. The predicted molar refractivity (Wildman–Crippen MR) is 79.8 cm³/mol. The number of methoxy groups -OCH3 is 1. The van der Waals surface area contributed by atoms with E-state index in [9.17, 15) is 0 Å².